The maximum Gasteiger partial charge on any atom is 0.246 e. The molecular weight excluding hydrogens is 292 g/mol. The summed E-state index contributed by atoms with van der Waals surface area (Å²) in [7, 11) is -3.67. The van der Waals surface area contributed by atoms with E-state index in [1.54, 1.807) is 19.1 Å². The highest BCUT2D eigenvalue weighted by Crippen LogP contribution is 2.34. The Morgan fingerprint density at radius 2 is 2.24 bits per heavy atom. The lowest BCUT2D eigenvalue weighted by atomic mass is 10.1. The fourth-order valence-electron chi connectivity index (χ4n) is 2.64. The summed E-state index contributed by atoms with van der Waals surface area (Å²) >= 11 is 0. The van der Waals surface area contributed by atoms with Gasteiger partial charge in [-0.1, -0.05) is 5.16 Å². The van der Waals surface area contributed by atoms with E-state index in [4.69, 9.17) is 9.66 Å². The van der Waals surface area contributed by atoms with Crippen molar-refractivity contribution < 1.29 is 12.9 Å². The zero-order valence-corrected chi connectivity index (χ0v) is 12.6. The van der Waals surface area contributed by atoms with Gasteiger partial charge >= 0.3 is 0 Å². The van der Waals surface area contributed by atoms with Crippen molar-refractivity contribution in [2.45, 2.75) is 37.8 Å². The van der Waals surface area contributed by atoms with Crippen LogP contribution in [0.5, 0.6) is 0 Å². The number of primary sulfonamides is 1. The maximum atomic E-state index is 11.4. The molecule has 2 N–H and O–H groups in total. The Morgan fingerprint density at radius 1 is 1.48 bits per heavy atom. The van der Waals surface area contributed by atoms with Gasteiger partial charge in [0, 0.05) is 11.7 Å². The number of aromatic nitrogens is 2. The predicted molar refractivity (Wildman–Crippen MR) is 76.2 cm³/mol. The van der Waals surface area contributed by atoms with Gasteiger partial charge in [-0.2, -0.15) is 4.98 Å². The Kier molecular flexibility index (Phi) is 3.22. The first kappa shape index (κ1) is 14.0. The summed E-state index contributed by atoms with van der Waals surface area (Å²) in [5.74, 6) is 1.14. The van der Waals surface area contributed by atoms with Crippen LogP contribution in [0.2, 0.25) is 0 Å². The highest BCUT2D eigenvalue weighted by Gasteiger charge is 2.28. The molecule has 2 heterocycles. The fraction of sp³-hybridized carbons (Fsp3) is 0.385. The van der Waals surface area contributed by atoms with Crippen LogP contribution in [-0.2, 0) is 23.0 Å². The van der Waals surface area contributed by atoms with Crippen molar-refractivity contribution in [3.05, 3.63) is 35.5 Å². The fourth-order valence-corrected chi connectivity index (χ4v) is 3.20. The Hall–Kier alpha value is -1.93. The minimum Gasteiger partial charge on any atom is -0.359 e. The van der Waals surface area contributed by atoms with Gasteiger partial charge < -0.3 is 9.42 Å². The number of nitrogens with zero attached hydrogens (tertiary/aromatic N) is 3. The topological polar surface area (TPSA) is 102 Å². The second-order valence-electron chi connectivity index (χ2n) is 5.25. The van der Waals surface area contributed by atoms with Gasteiger partial charge in [0.25, 0.3) is 0 Å². The van der Waals surface area contributed by atoms with Gasteiger partial charge in [-0.15, -0.1) is 0 Å². The number of fused-ring (bicyclic) bond motifs is 1. The van der Waals surface area contributed by atoms with Crippen LogP contribution in [0.1, 0.15) is 24.2 Å². The first-order valence-corrected chi connectivity index (χ1v) is 8.11. The van der Waals surface area contributed by atoms with Gasteiger partial charge in [-0.05, 0) is 44.0 Å². The second kappa shape index (κ2) is 4.81. The molecule has 0 amide bonds. The second-order valence-corrected chi connectivity index (χ2v) is 6.81. The monoisotopic (exact) mass is 308 g/mol. The van der Waals surface area contributed by atoms with Crippen molar-refractivity contribution >= 4 is 15.7 Å². The largest absolute Gasteiger partial charge is 0.359 e. The van der Waals surface area contributed by atoms with Gasteiger partial charge in [0.05, 0.1) is 11.4 Å². The quantitative estimate of drug-likeness (QED) is 0.906. The summed E-state index contributed by atoms with van der Waals surface area (Å²) in [6, 6.07) is 5.17. The molecule has 0 saturated carbocycles. The van der Waals surface area contributed by atoms with Crippen molar-refractivity contribution in [3.63, 3.8) is 0 Å². The molecule has 2 aromatic rings. The van der Waals surface area contributed by atoms with Crippen LogP contribution in [0, 0.1) is 6.92 Å². The number of anilines is 1. The van der Waals surface area contributed by atoms with E-state index in [-0.39, 0.29) is 10.9 Å². The molecule has 112 valence electrons. The van der Waals surface area contributed by atoms with E-state index < -0.39 is 10.0 Å². The van der Waals surface area contributed by atoms with Crippen molar-refractivity contribution in [3.8, 4) is 0 Å². The third-order valence-electron chi connectivity index (χ3n) is 3.61. The van der Waals surface area contributed by atoms with Crippen molar-refractivity contribution in [1.29, 1.82) is 0 Å². The summed E-state index contributed by atoms with van der Waals surface area (Å²) in [6.07, 6.45) is 0.756. The number of benzene rings is 1. The van der Waals surface area contributed by atoms with E-state index in [0.717, 1.165) is 17.7 Å². The molecule has 0 radical (unpaired) electrons. The lowest BCUT2D eigenvalue weighted by molar-refractivity contribution is 0.370. The van der Waals surface area contributed by atoms with Crippen molar-refractivity contribution in [2.24, 2.45) is 5.14 Å². The Labute approximate surface area is 122 Å². The molecule has 1 aliphatic heterocycles. The molecule has 1 aliphatic rings. The molecule has 1 aromatic heterocycles. The summed E-state index contributed by atoms with van der Waals surface area (Å²) in [5.41, 5.74) is 1.94. The molecule has 0 saturated heterocycles. The number of nitrogens with two attached hydrogens (primary N) is 1. The third kappa shape index (κ3) is 2.64. The van der Waals surface area contributed by atoms with Gasteiger partial charge in [-0.3, -0.25) is 0 Å². The van der Waals surface area contributed by atoms with Crippen LogP contribution in [0.3, 0.4) is 0 Å². The molecular formula is C13H16N4O3S. The Balaban J connectivity index is 1.93. The van der Waals surface area contributed by atoms with E-state index in [9.17, 15) is 8.42 Å². The SMILES string of the molecule is Cc1noc(CN2c3ccc(S(N)(=O)=O)cc3CC2C)n1. The van der Waals surface area contributed by atoms with Crippen LogP contribution in [-0.4, -0.2) is 24.6 Å². The van der Waals surface area contributed by atoms with Gasteiger partial charge in [-0.25, -0.2) is 13.6 Å². The predicted octanol–water partition coefficient (Wildman–Crippen LogP) is 0.977. The van der Waals surface area contributed by atoms with E-state index in [2.05, 4.69) is 22.0 Å². The molecule has 7 nitrogen and oxygen atoms in total. The lowest BCUT2D eigenvalue weighted by Crippen LogP contribution is -2.28. The van der Waals surface area contributed by atoms with Crippen LogP contribution in [0.15, 0.2) is 27.6 Å². The molecule has 3 rings (SSSR count). The number of hydrogen-bond acceptors (Lipinski definition) is 6. The van der Waals surface area contributed by atoms with E-state index >= 15 is 0 Å². The summed E-state index contributed by atoms with van der Waals surface area (Å²) in [5, 5.41) is 8.95. The average molecular weight is 308 g/mol. The smallest absolute Gasteiger partial charge is 0.246 e. The molecule has 1 atom stereocenters. The maximum absolute atomic E-state index is 11.4. The summed E-state index contributed by atoms with van der Waals surface area (Å²) in [6.45, 7) is 4.34. The third-order valence-corrected chi connectivity index (χ3v) is 4.52. The zero-order valence-electron chi connectivity index (χ0n) is 11.8. The van der Waals surface area contributed by atoms with Crippen molar-refractivity contribution in [2.75, 3.05) is 4.90 Å². The van der Waals surface area contributed by atoms with Crippen LogP contribution in [0.4, 0.5) is 5.69 Å². The highest BCUT2D eigenvalue weighted by molar-refractivity contribution is 7.89. The lowest BCUT2D eigenvalue weighted by Gasteiger charge is -2.22. The molecule has 0 aliphatic carbocycles. The minimum absolute atomic E-state index is 0.143. The highest BCUT2D eigenvalue weighted by atomic mass is 32.2. The molecule has 1 aromatic carbocycles. The first-order valence-electron chi connectivity index (χ1n) is 6.56. The Morgan fingerprint density at radius 3 is 2.86 bits per heavy atom. The minimum atomic E-state index is -3.67. The first-order chi connectivity index (χ1) is 9.84. The van der Waals surface area contributed by atoms with Crippen LogP contribution >= 0.6 is 0 Å². The normalized spacial score (nSPS) is 18.0. The summed E-state index contributed by atoms with van der Waals surface area (Å²) < 4.78 is 28.0. The number of sulfonamides is 1. The standard InChI is InChI=1S/C13H16N4O3S/c1-8-5-10-6-11(21(14,18)19)3-4-12(10)17(8)7-13-15-9(2)16-20-13/h3-4,6,8H,5,7H2,1-2H3,(H2,14,18,19). The summed E-state index contributed by atoms with van der Waals surface area (Å²) in [4.78, 5) is 6.47. The van der Waals surface area contributed by atoms with Gasteiger partial charge in [0.15, 0.2) is 5.82 Å². The Bertz CT molecular complexity index is 784. The van der Waals surface area contributed by atoms with E-state index in [1.807, 2.05) is 0 Å². The number of rotatable bonds is 3. The molecule has 0 fully saturated rings. The zero-order chi connectivity index (χ0) is 15.2. The number of hydrogen-bond donors (Lipinski definition) is 1. The molecule has 21 heavy (non-hydrogen) atoms. The van der Waals surface area contributed by atoms with E-state index in [1.165, 1.54) is 6.07 Å². The van der Waals surface area contributed by atoms with Crippen molar-refractivity contribution in [1.82, 2.24) is 10.1 Å². The van der Waals surface area contributed by atoms with Gasteiger partial charge in [0.1, 0.15) is 0 Å². The molecule has 1 unspecified atom stereocenters. The van der Waals surface area contributed by atoms with Crippen LogP contribution < -0.4 is 10.0 Å². The van der Waals surface area contributed by atoms with E-state index in [0.29, 0.717) is 18.3 Å². The number of aryl methyl sites for hydroxylation is 1. The molecule has 8 heteroatoms. The average Bonchev–Trinajstić information content (AvgIpc) is 2.93. The molecule has 0 bridgehead atoms. The molecule has 0 spiro atoms. The van der Waals surface area contributed by atoms with Crippen LogP contribution in [0.25, 0.3) is 0 Å². The van der Waals surface area contributed by atoms with Gasteiger partial charge in [0.2, 0.25) is 15.9 Å².